The number of allylic oxidation sites excluding steroid dienone is 2. The van der Waals surface area contributed by atoms with E-state index in [1.54, 1.807) is 48.6 Å². The highest BCUT2D eigenvalue weighted by Crippen LogP contribution is 2.29. The number of nitrogens with zero attached hydrogens (tertiary/aromatic N) is 4. The van der Waals surface area contributed by atoms with Gasteiger partial charge in [0.2, 0.25) is 11.8 Å². The van der Waals surface area contributed by atoms with Gasteiger partial charge in [-0.2, -0.15) is 5.10 Å². The lowest BCUT2D eigenvalue weighted by Crippen LogP contribution is -2.50. The largest absolute Gasteiger partial charge is 0.405 e. The Bertz CT molecular complexity index is 1660. The molecule has 0 saturated carbocycles. The number of nitrogens with one attached hydrogen (secondary N) is 1. The van der Waals surface area contributed by atoms with Crippen LogP contribution in [0.2, 0.25) is 0 Å². The van der Waals surface area contributed by atoms with Crippen molar-refractivity contribution in [3.05, 3.63) is 89.4 Å². The average molecular weight is 572 g/mol. The molecule has 2 aliphatic rings. The number of aromatic nitrogens is 2. The maximum absolute atomic E-state index is 14.6. The number of rotatable bonds is 8. The molecule has 3 amide bonds. The number of carbonyl (C=O) groups is 3. The molecule has 3 aromatic rings. The van der Waals surface area contributed by atoms with Gasteiger partial charge in [0.25, 0.3) is 5.91 Å². The average Bonchev–Trinajstić information content (AvgIpc) is 3.55. The van der Waals surface area contributed by atoms with Gasteiger partial charge in [-0.15, -0.1) is 0 Å². The fraction of sp³-hybridized carbons (Fsp3) is 0.233. The van der Waals surface area contributed by atoms with Crippen molar-refractivity contribution in [2.75, 3.05) is 6.54 Å². The number of likely N-dealkylation sites (tertiary alicyclic amines) is 1. The Labute approximate surface area is 240 Å². The van der Waals surface area contributed by atoms with E-state index < -0.39 is 42.1 Å². The highest BCUT2D eigenvalue weighted by Gasteiger charge is 2.41. The van der Waals surface area contributed by atoms with Crippen molar-refractivity contribution in [2.45, 2.75) is 37.3 Å². The lowest BCUT2D eigenvalue weighted by Gasteiger charge is -2.29. The third-order valence-corrected chi connectivity index (χ3v) is 7.43. The normalized spacial score (nSPS) is 22.0. The zero-order valence-electron chi connectivity index (χ0n) is 22.6. The van der Waals surface area contributed by atoms with Crippen molar-refractivity contribution in [2.24, 2.45) is 16.5 Å². The number of hydrogen-bond donors (Lipinski definition) is 4. The molecule has 0 bridgehead atoms. The van der Waals surface area contributed by atoms with Gasteiger partial charge in [-0.1, -0.05) is 42.5 Å². The van der Waals surface area contributed by atoms with E-state index in [1.165, 1.54) is 22.0 Å². The van der Waals surface area contributed by atoms with E-state index in [9.17, 15) is 23.9 Å². The fourth-order valence-corrected chi connectivity index (χ4v) is 5.43. The van der Waals surface area contributed by atoms with E-state index in [1.807, 2.05) is 12.1 Å². The molecular formula is C30H30FN7O4. The van der Waals surface area contributed by atoms with Crippen LogP contribution in [0.3, 0.4) is 0 Å². The maximum Gasteiger partial charge on any atom is 0.269 e. The van der Waals surface area contributed by atoms with E-state index in [4.69, 9.17) is 11.5 Å². The van der Waals surface area contributed by atoms with Crippen LogP contribution in [-0.2, 0) is 16.1 Å². The number of carbonyl (C=O) groups excluding carboxylic acids is 3. The number of primary amides is 1. The van der Waals surface area contributed by atoms with Crippen molar-refractivity contribution in [3.8, 4) is 0 Å². The lowest BCUT2D eigenvalue weighted by molar-refractivity contribution is -0.139. The molecule has 1 fully saturated rings. The molecule has 2 aromatic carbocycles. The second-order valence-corrected chi connectivity index (χ2v) is 10.1. The number of aliphatic imine (C=N–C) groups is 1. The topological polar surface area (TPSA) is 169 Å². The third-order valence-electron chi connectivity index (χ3n) is 7.43. The van der Waals surface area contributed by atoms with Crippen LogP contribution in [-0.4, -0.2) is 69.0 Å². The van der Waals surface area contributed by atoms with Gasteiger partial charge in [-0.25, -0.2) is 4.39 Å². The SMILES string of the molecule is C=N/C=C(\C=C/N)c1ccc2c(c1)c(C(N)=O)nn2CC(=O)N1CC(F)CC1C(=O)NC1C=Cc2ccccc2C1O. The number of hydrogen-bond acceptors (Lipinski definition) is 7. The van der Waals surface area contributed by atoms with Gasteiger partial charge in [0.1, 0.15) is 24.9 Å². The Morgan fingerprint density at radius 1 is 1.24 bits per heavy atom. The summed E-state index contributed by atoms with van der Waals surface area (Å²) in [6, 6.07) is 10.5. The smallest absolute Gasteiger partial charge is 0.269 e. The summed E-state index contributed by atoms with van der Waals surface area (Å²) >= 11 is 0. The summed E-state index contributed by atoms with van der Waals surface area (Å²) < 4.78 is 15.9. The van der Waals surface area contributed by atoms with E-state index >= 15 is 0 Å². The molecule has 5 rings (SSSR count). The maximum atomic E-state index is 14.6. The lowest BCUT2D eigenvalue weighted by atomic mass is 9.91. The van der Waals surface area contributed by atoms with Crippen LogP contribution in [0.4, 0.5) is 4.39 Å². The second-order valence-electron chi connectivity index (χ2n) is 10.1. The van der Waals surface area contributed by atoms with Crippen molar-refractivity contribution < 1.29 is 23.9 Å². The van der Waals surface area contributed by atoms with Crippen LogP contribution in [0, 0.1) is 0 Å². The predicted octanol–water partition coefficient (Wildman–Crippen LogP) is 1.83. The number of aliphatic hydroxyl groups excluding tert-OH is 1. The first kappa shape index (κ1) is 28.4. The number of benzene rings is 2. The van der Waals surface area contributed by atoms with Crippen LogP contribution in [0.25, 0.3) is 22.6 Å². The summed E-state index contributed by atoms with van der Waals surface area (Å²) in [7, 11) is 0. The molecule has 12 heteroatoms. The summed E-state index contributed by atoms with van der Waals surface area (Å²) in [5.74, 6) is -1.94. The van der Waals surface area contributed by atoms with Gasteiger partial charge in [-0.3, -0.25) is 24.1 Å². The van der Waals surface area contributed by atoms with Gasteiger partial charge in [0.15, 0.2) is 5.69 Å². The van der Waals surface area contributed by atoms with Gasteiger partial charge in [0.05, 0.1) is 18.1 Å². The Balaban J connectivity index is 1.37. The van der Waals surface area contributed by atoms with Crippen molar-refractivity contribution in [3.63, 3.8) is 0 Å². The molecule has 6 N–H and O–H groups in total. The highest BCUT2D eigenvalue weighted by atomic mass is 19.1. The van der Waals surface area contributed by atoms with Crippen LogP contribution < -0.4 is 16.8 Å². The molecule has 1 aliphatic carbocycles. The van der Waals surface area contributed by atoms with Crippen molar-refractivity contribution in [1.82, 2.24) is 20.0 Å². The molecule has 2 heterocycles. The minimum atomic E-state index is -1.41. The minimum Gasteiger partial charge on any atom is -0.405 e. The van der Waals surface area contributed by atoms with E-state index in [2.05, 4.69) is 22.1 Å². The number of fused-ring (bicyclic) bond motifs is 2. The minimum absolute atomic E-state index is 0.0558. The summed E-state index contributed by atoms with van der Waals surface area (Å²) in [4.78, 5) is 43.9. The molecule has 216 valence electrons. The van der Waals surface area contributed by atoms with Crippen LogP contribution >= 0.6 is 0 Å². The summed E-state index contributed by atoms with van der Waals surface area (Å²) in [5.41, 5.74) is 14.3. The molecule has 4 unspecified atom stereocenters. The van der Waals surface area contributed by atoms with E-state index in [0.29, 0.717) is 27.6 Å². The highest BCUT2D eigenvalue weighted by molar-refractivity contribution is 6.05. The molecule has 0 spiro atoms. The number of halogens is 1. The molecule has 1 aliphatic heterocycles. The first-order valence-corrected chi connectivity index (χ1v) is 13.3. The van der Waals surface area contributed by atoms with Gasteiger partial charge in [0, 0.05) is 23.6 Å². The Kier molecular flexibility index (Phi) is 7.98. The Hall–Kier alpha value is -5.10. The zero-order valence-corrected chi connectivity index (χ0v) is 22.6. The molecule has 1 aromatic heterocycles. The van der Waals surface area contributed by atoms with Crippen LogP contribution in [0.5, 0.6) is 0 Å². The van der Waals surface area contributed by atoms with Crippen molar-refractivity contribution >= 4 is 47.0 Å². The van der Waals surface area contributed by atoms with Crippen LogP contribution in [0.1, 0.15) is 39.7 Å². The van der Waals surface area contributed by atoms with Gasteiger partial charge in [-0.05, 0) is 47.8 Å². The standard InChI is InChI=1S/C30H30FN7O4/c1-34-14-19(10-11-32)18-7-9-24-22(12-18)27(29(33)41)36-38(24)16-26(39)37-15-20(31)13-25(37)30(42)35-23-8-6-17-4-2-3-5-21(17)28(23)40/h2-12,14,20,23,25,28,40H,1,13,15-16,32H2,(H2,33,41)(H,35,42)/b11-10-,19-14+. The number of aliphatic hydroxyl groups is 1. The van der Waals surface area contributed by atoms with Gasteiger partial charge < -0.3 is 26.8 Å². The monoisotopic (exact) mass is 571 g/mol. The molecule has 11 nitrogen and oxygen atoms in total. The molecule has 1 saturated heterocycles. The van der Waals surface area contributed by atoms with Gasteiger partial charge >= 0.3 is 0 Å². The number of alkyl halides is 1. The van der Waals surface area contributed by atoms with Crippen molar-refractivity contribution in [1.29, 1.82) is 0 Å². The summed E-state index contributed by atoms with van der Waals surface area (Å²) in [6.45, 7) is 2.82. The van der Waals surface area contributed by atoms with Crippen LogP contribution in [0.15, 0.2) is 72.0 Å². The Morgan fingerprint density at radius 3 is 2.76 bits per heavy atom. The Morgan fingerprint density at radius 2 is 2.02 bits per heavy atom. The molecular weight excluding hydrogens is 541 g/mol. The van der Waals surface area contributed by atoms with E-state index in [-0.39, 0.29) is 25.2 Å². The second kappa shape index (κ2) is 11.8. The fourth-order valence-electron chi connectivity index (χ4n) is 5.43. The zero-order chi connectivity index (χ0) is 30.0. The molecule has 42 heavy (non-hydrogen) atoms. The summed E-state index contributed by atoms with van der Waals surface area (Å²) in [6.07, 6.45) is 5.33. The number of nitrogens with two attached hydrogens (primary N) is 2. The first-order valence-electron chi connectivity index (χ1n) is 13.3. The first-order chi connectivity index (χ1) is 20.2. The molecule has 4 atom stereocenters. The third kappa shape index (κ3) is 5.44. The number of amides is 3. The molecule has 0 radical (unpaired) electrons. The predicted molar refractivity (Wildman–Crippen MR) is 156 cm³/mol. The van der Waals surface area contributed by atoms with E-state index in [0.717, 1.165) is 5.56 Å². The quantitative estimate of drug-likeness (QED) is 0.238. The summed E-state index contributed by atoms with van der Waals surface area (Å²) in [5, 5.41) is 18.2.